The molecule has 2 atom stereocenters. The van der Waals surface area contributed by atoms with E-state index in [2.05, 4.69) is 34.9 Å². The molecule has 2 N–H and O–H groups in total. The summed E-state index contributed by atoms with van der Waals surface area (Å²) in [4.78, 5) is 0. The highest BCUT2D eigenvalue weighted by Gasteiger charge is 2.14. The van der Waals surface area contributed by atoms with Crippen LogP contribution >= 0.6 is 15.9 Å². The lowest BCUT2D eigenvalue weighted by molar-refractivity contribution is 0.471. The van der Waals surface area contributed by atoms with E-state index in [1.807, 2.05) is 16.9 Å². The number of rotatable bonds is 5. The molecule has 5 heteroatoms. The summed E-state index contributed by atoms with van der Waals surface area (Å²) in [6.45, 7) is 4.24. The largest absolute Gasteiger partial charge is 0.324 e. The first-order valence-corrected chi connectivity index (χ1v) is 7.55. The van der Waals surface area contributed by atoms with Gasteiger partial charge in [-0.15, -0.1) is 0 Å². The second-order valence-electron chi connectivity index (χ2n) is 5.02. The first-order chi connectivity index (χ1) is 9.51. The van der Waals surface area contributed by atoms with Crippen LogP contribution in [0.4, 0.5) is 4.39 Å². The van der Waals surface area contributed by atoms with Crippen LogP contribution in [0.5, 0.6) is 0 Å². The van der Waals surface area contributed by atoms with E-state index in [0.717, 1.165) is 12.1 Å². The maximum absolute atomic E-state index is 13.9. The molecule has 2 unspecified atom stereocenters. The summed E-state index contributed by atoms with van der Waals surface area (Å²) in [7, 11) is 0. The van der Waals surface area contributed by atoms with Crippen molar-refractivity contribution in [1.29, 1.82) is 0 Å². The van der Waals surface area contributed by atoms with Gasteiger partial charge in [0, 0.05) is 34.7 Å². The van der Waals surface area contributed by atoms with Crippen molar-refractivity contribution < 1.29 is 4.39 Å². The zero-order chi connectivity index (χ0) is 14.7. The first-order valence-electron chi connectivity index (χ1n) is 6.75. The van der Waals surface area contributed by atoms with Gasteiger partial charge in [0.2, 0.25) is 0 Å². The minimum atomic E-state index is -0.386. The van der Waals surface area contributed by atoms with Crippen LogP contribution in [-0.2, 0) is 6.42 Å². The Labute approximate surface area is 127 Å². The van der Waals surface area contributed by atoms with Gasteiger partial charge in [0.25, 0.3) is 0 Å². The van der Waals surface area contributed by atoms with E-state index in [1.165, 1.54) is 6.07 Å². The fraction of sp³-hybridized carbons (Fsp3) is 0.400. The molecule has 0 saturated heterocycles. The standard InChI is InChI=1S/C15H19BrFN3/c1-3-10(2)20-7-6-12(19-20)9-15(18)13-5-4-11(16)8-14(13)17/h4-8,10,15H,3,9,18H2,1-2H3. The molecule has 1 heterocycles. The van der Waals surface area contributed by atoms with E-state index >= 15 is 0 Å². The quantitative estimate of drug-likeness (QED) is 0.894. The molecule has 2 aromatic rings. The Balaban J connectivity index is 2.11. The van der Waals surface area contributed by atoms with Gasteiger partial charge in [0.15, 0.2) is 0 Å². The van der Waals surface area contributed by atoms with Crippen molar-refractivity contribution in [2.45, 2.75) is 38.8 Å². The lowest BCUT2D eigenvalue weighted by atomic mass is 10.0. The Hall–Kier alpha value is -1.20. The summed E-state index contributed by atoms with van der Waals surface area (Å²) in [6.07, 6.45) is 3.50. The average molecular weight is 340 g/mol. The molecule has 3 nitrogen and oxygen atoms in total. The average Bonchev–Trinajstić information content (AvgIpc) is 2.86. The van der Waals surface area contributed by atoms with E-state index in [4.69, 9.17) is 5.73 Å². The molecule has 0 aliphatic rings. The summed E-state index contributed by atoms with van der Waals surface area (Å²) in [6, 6.07) is 6.88. The second kappa shape index (κ2) is 6.50. The van der Waals surface area contributed by atoms with Crippen molar-refractivity contribution in [2.75, 3.05) is 0 Å². The minimum absolute atomic E-state index is 0.284. The maximum atomic E-state index is 13.9. The van der Waals surface area contributed by atoms with Gasteiger partial charge in [-0.05, 0) is 31.5 Å². The summed E-state index contributed by atoms with van der Waals surface area (Å²) < 4.78 is 16.5. The van der Waals surface area contributed by atoms with Crippen LogP contribution < -0.4 is 5.73 Å². The lowest BCUT2D eigenvalue weighted by Gasteiger charge is -2.12. The number of nitrogens with two attached hydrogens (primary N) is 1. The van der Waals surface area contributed by atoms with Crippen molar-refractivity contribution in [3.63, 3.8) is 0 Å². The highest BCUT2D eigenvalue weighted by atomic mass is 79.9. The topological polar surface area (TPSA) is 43.8 Å². The molecule has 0 bridgehead atoms. The van der Waals surface area contributed by atoms with Crippen molar-refractivity contribution >= 4 is 15.9 Å². The van der Waals surface area contributed by atoms with Crippen LogP contribution in [0, 0.1) is 5.82 Å². The molecular formula is C15H19BrFN3. The number of hydrogen-bond acceptors (Lipinski definition) is 2. The Morgan fingerprint density at radius 3 is 2.80 bits per heavy atom. The van der Waals surface area contributed by atoms with E-state index in [-0.39, 0.29) is 11.9 Å². The second-order valence-corrected chi connectivity index (χ2v) is 5.94. The van der Waals surface area contributed by atoms with Gasteiger partial charge in [-0.1, -0.05) is 28.9 Å². The molecule has 0 amide bonds. The van der Waals surface area contributed by atoms with Crippen LogP contribution in [0.1, 0.15) is 43.6 Å². The molecule has 0 aliphatic heterocycles. The van der Waals surface area contributed by atoms with Crippen LogP contribution in [0.15, 0.2) is 34.9 Å². The van der Waals surface area contributed by atoms with Crippen molar-refractivity contribution in [3.05, 3.63) is 52.0 Å². The number of halogens is 2. The molecule has 20 heavy (non-hydrogen) atoms. The molecule has 0 aliphatic carbocycles. The molecule has 0 fully saturated rings. The van der Waals surface area contributed by atoms with Crippen molar-refractivity contribution in [1.82, 2.24) is 9.78 Å². The third-order valence-electron chi connectivity index (χ3n) is 3.50. The highest BCUT2D eigenvalue weighted by molar-refractivity contribution is 9.10. The zero-order valence-corrected chi connectivity index (χ0v) is 13.3. The Morgan fingerprint density at radius 1 is 1.40 bits per heavy atom. The molecular weight excluding hydrogens is 321 g/mol. The summed E-state index contributed by atoms with van der Waals surface area (Å²) in [5.74, 6) is -0.284. The van der Waals surface area contributed by atoms with Gasteiger partial charge in [-0.2, -0.15) is 5.10 Å². The Bertz CT molecular complexity index is 582. The van der Waals surface area contributed by atoms with Gasteiger partial charge in [-0.3, -0.25) is 4.68 Å². The van der Waals surface area contributed by atoms with Gasteiger partial charge in [0.05, 0.1) is 5.69 Å². The predicted molar refractivity (Wildman–Crippen MR) is 82.0 cm³/mol. The van der Waals surface area contributed by atoms with E-state index < -0.39 is 0 Å². The molecule has 0 radical (unpaired) electrons. The summed E-state index contributed by atoms with van der Waals surface area (Å²) >= 11 is 3.24. The van der Waals surface area contributed by atoms with Crippen LogP contribution in [0.3, 0.4) is 0 Å². The van der Waals surface area contributed by atoms with E-state index in [0.29, 0.717) is 22.5 Å². The lowest BCUT2D eigenvalue weighted by Crippen LogP contribution is -2.16. The summed E-state index contributed by atoms with van der Waals surface area (Å²) in [5.41, 5.74) is 7.50. The molecule has 108 valence electrons. The highest BCUT2D eigenvalue weighted by Crippen LogP contribution is 2.22. The Kier molecular flexibility index (Phi) is 4.94. The fourth-order valence-corrected chi connectivity index (χ4v) is 2.39. The molecule has 1 aromatic heterocycles. The van der Waals surface area contributed by atoms with Gasteiger partial charge in [-0.25, -0.2) is 4.39 Å². The maximum Gasteiger partial charge on any atom is 0.129 e. The normalized spacial score (nSPS) is 14.2. The SMILES string of the molecule is CCC(C)n1ccc(CC(N)c2ccc(Br)cc2F)n1. The van der Waals surface area contributed by atoms with E-state index in [9.17, 15) is 4.39 Å². The van der Waals surface area contributed by atoms with Crippen LogP contribution in [0.2, 0.25) is 0 Å². The van der Waals surface area contributed by atoms with Crippen LogP contribution in [0.25, 0.3) is 0 Å². The minimum Gasteiger partial charge on any atom is -0.324 e. The molecule has 0 saturated carbocycles. The monoisotopic (exact) mass is 339 g/mol. The van der Waals surface area contributed by atoms with E-state index in [1.54, 1.807) is 12.1 Å². The van der Waals surface area contributed by atoms with Gasteiger partial charge in [0.1, 0.15) is 5.82 Å². The zero-order valence-electron chi connectivity index (χ0n) is 11.7. The molecule has 2 rings (SSSR count). The Morgan fingerprint density at radius 2 is 2.15 bits per heavy atom. The third kappa shape index (κ3) is 3.46. The van der Waals surface area contributed by atoms with Gasteiger partial charge < -0.3 is 5.73 Å². The van der Waals surface area contributed by atoms with Crippen molar-refractivity contribution in [2.24, 2.45) is 5.73 Å². The fourth-order valence-electron chi connectivity index (χ4n) is 2.06. The molecule has 0 spiro atoms. The van der Waals surface area contributed by atoms with Crippen LogP contribution in [-0.4, -0.2) is 9.78 Å². The van der Waals surface area contributed by atoms with Crippen molar-refractivity contribution in [3.8, 4) is 0 Å². The molecule has 1 aromatic carbocycles. The number of hydrogen-bond donors (Lipinski definition) is 1. The first kappa shape index (κ1) is 15.2. The number of benzene rings is 1. The number of nitrogens with zero attached hydrogens (tertiary/aromatic N) is 2. The van der Waals surface area contributed by atoms with Gasteiger partial charge >= 0.3 is 0 Å². The summed E-state index contributed by atoms with van der Waals surface area (Å²) in [5, 5.41) is 4.50. The third-order valence-corrected chi connectivity index (χ3v) is 3.99. The smallest absolute Gasteiger partial charge is 0.129 e. The predicted octanol–water partition coefficient (Wildman–Crippen LogP) is 4.00. The number of aromatic nitrogens is 2.